The van der Waals surface area contributed by atoms with Gasteiger partial charge in [0.2, 0.25) is 0 Å². The van der Waals surface area contributed by atoms with Gasteiger partial charge in [-0.25, -0.2) is 18.4 Å². The van der Waals surface area contributed by atoms with Crippen molar-refractivity contribution < 1.29 is 18.3 Å². The first kappa shape index (κ1) is 18.5. The molecule has 4 rings (SSSR count). The van der Waals surface area contributed by atoms with E-state index in [9.17, 15) is 13.6 Å². The van der Waals surface area contributed by atoms with Crippen LogP contribution in [-0.2, 0) is 22.6 Å². The van der Waals surface area contributed by atoms with Gasteiger partial charge in [-0.05, 0) is 32.8 Å². The van der Waals surface area contributed by atoms with Gasteiger partial charge >= 0.3 is 5.97 Å². The topological polar surface area (TPSA) is 74.8 Å². The molecule has 0 spiro atoms. The van der Waals surface area contributed by atoms with Gasteiger partial charge in [0.1, 0.15) is 6.54 Å². The maximum absolute atomic E-state index is 13.9. The SMILES string of the molecule is CCOC(=O)Cn1nc(C2CC2)c2c(C(F)F)cc(-c3cnn(CC)c3)nc21. The van der Waals surface area contributed by atoms with Crippen LogP contribution in [0.25, 0.3) is 22.3 Å². The quantitative estimate of drug-likeness (QED) is 0.576. The first-order valence-electron chi connectivity index (χ1n) is 9.39. The second-order valence-electron chi connectivity index (χ2n) is 6.80. The predicted molar refractivity (Wildman–Crippen MR) is 98.0 cm³/mol. The summed E-state index contributed by atoms with van der Waals surface area (Å²) in [5.41, 5.74) is 1.79. The van der Waals surface area contributed by atoms with E-state index in [0.717, 1.165) is 12.8 Å². The van der Waals surface area contributed by atoms with Crippen LogP contribution in [0.1, 0.15) is 50.3 Å². The van der Waals surface area contributed by atoms with Crippen molar-refractivity contribution in [3.05, 3.63) is 29.7 Å². The first-order chi connectivity index (χ1) is 13.5. The van der Waals surface area contributed by atoms with Gasteiger partial charge in [-0.15, -0.1) is 0 Å². The Hall–Kier alpha value is -2.84. The maximum Gasteiger partial charge on any atom is 0.327 e. The minimum Gasteiger partial charge on any atom is -0.465 e. The first-order valence-corrected chi connectivity index (χ1v) is 9.39. The maximum atomic E-state index is 13.9. The molecular weight excluding hydrogens is 368 g/mol. The van der Waals surface area contributed by atoms with Crippen LogP contribution in [0.3, 0.4) is 0 Å². The monoisotopic (exact) mass is 389 g/mol. The summed E-state index contributed by atoms with van der Waals surface area (Å²) >= 11 is 0. The molecule has 0 bridgehead atoms. The molecule has 148 valence electrons. The number of rotatable bonds is 7. The van der Waals surface area contributed by atoms with Crippen LogP contribution in [0.5, 0.6) is 0 Å². The zero-order chi connectivity index (χ0) is 19.8. The molecule has 3 aromatic rings. The highest BCUT2D eigenvalue weighted by molar-refractivity contribution is 5.87. The molecule has 0 aliphatic heterocycles. The van der Waals surface area contributed by atoms with E-state index in [2.05, 4.69) is 15.2 Å². The largest absolute Gasteiger partial charge is 0.465 e. The lowest BCUT2D eigenvalue weighted by Crippen LogP contribution is -2.15. The van der Waals surface area contributed by atoms with E-state index < -0.39 is 12.4 Å². The van der Waals surface area contributed by atoms with Crippen molar-refractivity contribution >= 4 is 17.0 Å². The number of hydrogen-bond acceptors (Lipinski definition) is 5. The molecule has 0 radical (unpaired) electrons. The van der Waals surface area contributed by atoms with Crippen molar-refractivity contribution in [2.24, 2.45) is 0 Å². The number of carbonyl (C=O) groups is 1. The molecule has 0 atom stereocenters. The smallest absolute Gasteiger partial charge is 0.327 e. The molecule has 0 saturated heterocycles. The molecule has 1 aliphatic rings. The number of esters is 1. The fourth-order valence-electron chi connectivity index (χ4n) is 3.30. The second-order valence-corrected chi connectivity index (χ2v) is 6.80. The highest BCUT2D eigenvalue weighted by Gasteiger charge is 2.33. The summed E-state index contributed by atoms with van der Waals surface area (Å²) in [4.78, 5) is 16.6. The summed E-state index contributed by atoms with van der Waals surface area (Å²) in [7, 11) is 0. The molecule has 0 N–H and O–H groups in total. The van der Waals surface area contributed by atoms with Crippen LogP contribution in [0.15, 0.2) is 18.5 Å². The molecule has 1 saturated carbocycles. The van der Waals surface area contributed by atoms with Gasteiger partial charge in [-0.1, -0.05) is 0 Å². The Morgan fingerprint density at radius 3 is 2.75 bits per heavy atom. The van der Waals surface area contributed by atoms with E-state index in [1.165, 1.54) is 10.7 Å². The van der Waals surface area contributed by atoms with Gasteiger partial charge in [0.15, 0.2) is 5.65 Å². The van der Waals surface area contributed by atoms with Crippen LogP contribution < -0.4 is 0 Å². The van der Waals surface area contributed by atoms with Crippen LogP contribution >= 0.6 is 0 Å². The van der Waals surface area contributed by atoms with Crippen molar-refractivity contribution in [1.82, 2.24) is 24.5 Å². The van der Waals surface area contributed by atoms with Crippen LogP contribution in [0.2, 0.25) is 0 Å². The molecule has 3 heterocycles. The molecule has 1 aliphatic carbocycles. The average Bonchev–Trinajstić information content (AvgIpc) is 3.29. The lowest BCUT2D eigenvalue weighted by molar-refractivity contribution is -0.143. The summed E-state index contributed by atoms with van der Waals surface area (Å²) < 4.78 is 36.0. The Labute approximate surface area is 160 Å². The lowest BCUT2D eigenvalue weighted by Gasteiger charge is -2.08. The molecular formula is C19H21F2N5O2. The van der Waals surface area contributed by atoms with Crippen molar-refractivity contribution in [3.8, 4) is 11.3 Å². The summed E-state index contributed by atoms with van der Waals surface area (Å²) in [5.74, 6) is -0.335. The third-order valence-electron chi connectivity index (χ3n) is 4.80. The van der Waals surface area contributed by atoms with E-state index in [1.807, 2.05) is 6.92 Å². The molecule has 0 unspecified atom stereocenters. The number of hydrogen-bond donors (Lipinski definition) is 0. The molecule has 0 amide bonds. The number of pyridine rings is 1. The van der Waals surface area contributed by atoms with E-state index in [1.54, 1.807) is 24.0 Å². The zero-order valence-corrected chi connectivity index (χ0v) is 15.7. The number of carbonyl (C=O) groups excluding carboxylic acids is 1. The van der Waals surface area contributed by atoms with Crippen molar-refractivity contribution in [3.63, 3.8) is 0 Å². The summed E-state index contributed by atoms with van der Waals surface area (Å²) in [6, 6.07) is 1.41. The fraction of sp³-hybridized carbons (Fsp3) is 0.474. The van der Waals surface area contributed by atoms with Gasteiger partial charge in [0, 0.05) is 29.8 Å². The van der Waals surface area contributed by atoms with Crippen LogP contribution in [-0.4, -0.2) is 37.1 Å². The van der Waals surface area contributed by atoms with E-state index in [4.69, 9.17) is 4.74 Å². The minimum atomic E-state index is -2.68. The van der Waals surface area contributed by atoms with E-state index in [0.29, 0.717) is 28.9 Å². The molecule has 9 heteroatoms. The number of ether oxygens (including phenoxy) is 1. The standard InChI is InChI=1S/C19H21F2N5O2/c1-3-25-9-12(8-22-25)14-7-13(18(20)21)16-17(11-5-6-11)24-26(19(16)23-14)10-15(27)28-4-2/h7-9,11,18H,3-6,10H2,1-2H3. The summed E-state index contributed by atoms with van der Waals surface area (Å²) in [5, 5.41) is 9.02. The number of fused-ring (bicyclic) bond motifs is 1. The van der Waals surface area contributed by atoms with Crippen molar-refractivity contribution in [2.45, 2.75) is 52.1 Å². The van der Waals surface area contributed by atoms with Crippen LogP contribution in [0.4, 0.5) is 8.78 Å². The third-order valence-corrected chi connectivity index (χ3v) is 4.80. The predicted octanol–water partition coefficient (Wildman–Crippen LogP) is 3.69. The van der Waals surface area contributed by atoms with Gasteiger partial charge in [0.05, 0.1) is 29.6 Å². The fourth-order valence-corrected chi connectivity index (χ4v) is 3.30. The lowest BCUT2D eigenvalue weighted by atomic mass is 10.1. The summed E-state index contributed by atoms with van der Waals surface area (Å²) in [6.07, 6.45) is 2.49. The van der Waals surface area contributed by atoms with Crippen LogP contribution in [0, 0.1) is 0 Å². The van der Waals surface area contributed by atoms with E-state index >= 15 is 0 Å². The number of halogens is 2. The molecule has 1 fully saturated rings. The molecule has 28 heavy (non-hydrogen) atoms. The number of nitrogens with zero attached hydrogens (tertiary/aromatic N) is 5. The van der Waals surface area contributed by atoms with Crippen molar-refractivity contribution in [1.29, 1.82) is 0 Å². The zero-order valence-electron chi connectivity index (χ0n) is 15.7. The normalized spacial score (nSPS) is 14.2. The molecule has 3 aromatic heterocycles. The Morgan fingerprint density at radius 2 is 2.14 bits per heavy atom. The average molecular weight is 389 g/mol. The van der Waals surface area contributed by atoms with Gasteiger partial charge in [0.25, 0.3) is 6.43 Å². The minimum absolute atomic E-state index is 0.110. The highest BCUT2D eigenvalue weighted by atomic mass is 19.3. The number of alkyl halides is 2. The Balaban J connectivity index is 1.90. The third kappa shape index (κ3) is 3.36. The Bertz CT molecular complexity index is 1020. The van der Waals surface area contributed by atoms with E-state index in [-0.39, 0.29) is 30.3 Å². The van der Waals surface area contributed by atoms with Gasteiger partial charge in [-0.3, -0.25) is 9.48 Å². The molecule has 7 nitrogen and oxygen atoms in total. The Morgan fingerprint density at radius 1 is 1.36 bits per heavy atom. The van der Waals surface area contributed by atoms with Gasteiger partial charge < -0.3 is 4.74 Å². The number of aromatic nitrogens is 5. The second kappa shape index (κ2) is 7.29. The number of aryl methyl sites for hydroxylation is 1. The Kier molecular flexibility index (Phi) is 4.82. The van der Waals surface area contributed by atoms with Crippen molar-refractivity contribution in [2.75, 3.05) is 6.61 Å². The summed E-state index contributed by atoms with van der Waals surface area (Å²) in [6.45, 7) is 4.39. The molecule has 0 aromatic carbocycles. The highest BCUT2D eigenvalue weighted by Crippen LogP contribution is 2.45. The van der Waals surface area contributed by atoms with Gasteiger partial charge in [-0.2, -0.15) is 10.2 Å².